The number of nitrogens with one attached hydrogen (secondary N) is 1. The zero-order valence-corrected chi connectivity index (χ0v) is 28.9. The zero-order valence-electron chi connectivity index (χ0n) is 28.0. The van der Waals surface area contributed by atoms with Crippen molar-refractivity contribution in [3.63, 3.8) is 0 Å². The molecule has 2 aromatic heterocycles. The molecule has 3 aromatic carbocycles. The first kappa shape index (κ1) is 34.3. The van der Waals surface area contributed by atoms with Crippen LogP contribution >= 0.6 is 7.75 Å². The van der Waals surface area contributed by atoms with Crippen LogP contribution in [0.25, 0.3) is 32.7 Å². The number of rotatable bonds is 13. The van der Waals surface area contributed by atoms with Gasteiger partial charge in [-0.05, 0) is 69.5 Å². The van der Waals surface area contributed by atoms with Crippen LogP contribution in [-0.2, 0) is 30.0 Å². The predicted molar refractivity (Wildman–Crippen MR) is 185 cm³/mol. The van der Waals surface area contributed by atoms with E-state index in [9.17, 15) is 9.36 Å². The van der Waals surface area contributed by atoms with Crippen LogP contribution in [0.5, 0.6) is 5.75 Å². The van der Waals surface area contributed by atoms with Crippen LogP contribution in [0.2, 0.25) is 0 Å². The molecule has 0 spiro atoms. The molecule has 11 nitrogen and oxygen atoms in total. The Morgan fingerprint density at radius 2 is 1.70 bits per heavy atom. The Morgan fingerprint density at radius 1 is 1.00 bits per heavy atom. The van der Waals surface area contributed by atoms with E-state index in [0.717, 1.165) is 27.2 Å². The highest BCUT2D eigenvalue weighted by atomic mass is 31.2. The summed E-state index contributed by atoms with van der Waals surface area (Å²) in [7, 11) is -4.20. The standard InChI is InChI=1S/C35H44N5O6P/c1-8-43-21-30-38-31-32(27-15-11-12-16-28(27)37-33(31)36)40(30)29(22(2)3)20-44-47(42,39-23(4)34(41)45-35(5,6)7)46-26-18-17-24-13-9-10-14-25(24)19-26/h9-19,22-23,29H,8,20-21H2,1-7H3,(H2,36,37)(H,39,42)/t23-,29-,47-/m0/s1. The Bertz CT molecular complexity index is 1940. The van der Waals surface area contributed by atoms with Crippen LogP contribution in [0.4, 0.5) is 5.82 Å². The number of nitrogen functional groups attached to an aromatic ring is 1. The lowest BCUT2D eigenvalue weighted by molar-refractivity contribution is -0.156. The largest absolute Gasteiger partial charge is 0.459 e. The molecule has 0 unspecified atom stereocenters. The predicted octanol–water partition coefficient (Wildman–Crippen LogP) is 7.58. The third kappa shape index (κ3) is 7.93. The van der Waals surface area contributed by atoms with Gasteiger partial charge in [0.05, 0.1) is 23.7 Å². The van der Waals surface area contributed by atoms with E-state index in [2.05, 4.69) is 10.1 Å². The molecule has 3 atom stereocenters. The Hall–Kier alpha value is -4.02. The molecule has 0 radical (unpaired) electrons. The Balaban J connectivity index is 1.55. The minimum absolute atomic E-state index is 0.0293. The first-order valence-corrected chi connectivity index (χ1v) is 17.4. The van der Waals surface area contributed by atoms with Crippen LogP contribution in [0.1, 0.15) is 60.3 Å². The first-order chi connectivity index (χ1) is 22.3. The number of para-hydroxylation sites is 1. The second kappa shape index (κ2) is 14.0. The molecule has 0 aliphatic heterocycles. The summed E-state index contributed by atoms with van der Waals surface area (Å²) in [5.74, 6) is 0.648. The summed E-state index contributed by atoms with van der Waals surface area (Å²) >= 11 is 0. The number of aromatic nitrogens is 3. The molecule has 0 aliphatic carbocycles. The highest BCUT2D eigenvalue weighted by molar-refractivity contribution is 7.52. The van der Waals surface area contributed by atoms with E-state index in [4.69, 9.17) is 29.2 Å². The van der Waals surface area contributed by atoms with Gasteiger partial charge in [-0.2, -0.15) is 5.09 Å². The number of pyridine rings is 1. The van der Waals surface area contributed by atoms with Gasteiger partial charge in [-0.1, -0.05) is 62.4 Å². The van der Waals surface area contributed by atoms with Crippen molar-refractivity contribution in [1.29, 1.82) is 0 Å². The number of ether oxygens (including phenoxy) is 2. The SMILES string of the molecule is CCOCc1nc2c(N)nc3ccccc3c2n1[C@@H](CO[P@@](=O)(N[C@@H](C)C(=O)OC(C)(C)C)Oc1ccc2ccccc2c1)C(C)C. The van der Waals surface area contributed by atoms with E-state index in [1.807, 2.05) is 79.9 Å². The molecule has 5 rings (SSSR count). The van der Waals surface area contributed by atoms with E-state index in [-0.39, 0.29) is 19.1 Å². The van der Waals surface area contributed by atoms with E-state index < -0.39 is 31.4 Å². The molecule has 2 heterocycles. The lowest BCUT2D eigenvalue weighted by Gasteiger charge is -2.29. The average Bonchev–Trinajstić information content (AvgIpc) is 3.39. The molecule has 12 heteroatoms. The van der Waals surface area contributed by atoms with Crippen molar-refractivity contribution in [1.82, 2.24) is 19.6 Å². The summed E-state index contributed by atoms with van der Waals surface area (Å²) in [4.78, 5) is 22.4. The fraction of sp³-hybridized carbons (Fsp3) is 0.400. The van der Waals surface area contributed by atoms with Gasteiger partial charge < -0.3 is 24.3 Å². The molecule has 0 fully saturated rings. The number of esters is 1. The highest BCUT2D eigenvalue weighted by Gasteiger charge is 2.36. The third-order valence-electron chi connectivity index (χ3n) is 7.64. The van der Waals surface area contributed by atoms with Crippen LogP contribution in [0.15, 0.2) is 66.7 Å². The average molecular weight is 662 g/mol. The van der Waals surface area contributed by atoms with Gasteiger partial charge in [0.15, 0.2) is 5.82 Å². The summed E-state index contributed by atoms with van der Waals surface area (Å²) in [6.45, 7) is 13.5. The van der Waals surface area contributed by atoms with Gasteiger partial charge >= 0.3 is 13.7 Å². The van der Waals surface area contributed by atoms with Crippen molar-refractivity contribution in [2.24, 2.45) is 5.92 Å². The molecule has 0 amide bonds. The number of benzene rings is 3. The molecule has 0 aliphatic rings. The van der Waals surface area contributed by atoms with Gasteiger partial charge in [0, 0.05) is 12.0 Å². The maximum atomic E-state index is 14.6. The topological polar surface area (TPSA) is 140 Å². The highest BCUT2D eigenvalue weighted by Crippen LogP contribution is 2.47. The number of carbonyl (C=O) groups is 1. The number of hydrogen-bond donors (Lipinski definition) is 2. The minimum atomic E-state index is -4.20. The molecule has 0 saturated carbocycles. The van der Waals surface area contributed by atoms with Crippen molar-refractivity contribution in [2.75, 3.05) is 18.9 Å². The maximum absolute atomic E-state index is 14.6. The number of imidazole rings is 1. The summed E-state index contributed by atoms with van der Waals surface area (Å²) in [5.41, 5.74) is 7.75. The van der Waals surface area contributed by atoms with E-state index in [1.54, 1.807) is 39.8 Å². The number of fused-ring (bicyclic) bond motifs is 4. The second-order valence-electron chi connectivity index (χ2n) is 12.8. The fourth-order valence-corrected chi connectivity index (χ4v) is 6.89. The lowest BCUT2D eigenvalue weighted by atomic mass is 10.0. The minimum Gasteiger partial charge on any atom is -0.459 e. The van der Waals surface area contributed by atoms with Crippen molar-refractivity contribution in [2.45, 2.75) is 72.8 Å². The van der Waals surface area contributed by atoms with Gasteiger partial charge in [0.2, 0.25) is 0 Å². The van der Waals surface area contributed by atoms with E-state index >= 15 is 0 Å². The zero-order chi connectivity index (χ0) is 33.9. The molecule has 47 heavy (non-hydrogen) atoms. The van der Waals surface area contributed by atoms with Crippen LogP contribution in [0.3, 0.4) is 0 Å². The summed E-state index contributed by atoms with van der Waals surface area (Å²) < 4.78 is 40.5. The Labute approximate surface area is 275 Å². The Kier molecular flexibility index (Phi) is 10.2. The first-order valence-electron chi connectivity index (χ1n) is 15.8. The number of nitrogens with zero attached hydrogens (tertiary/aromatic N) is 3. The number of nitrogens with two attached hydrogens (primary N) is 1. The number of anilines is 1. The second-order valence-corrected chi connectivity index (χ2v) is 14.5. The van der Waals surface area contributed by atoms with Gasteiger partial charge in [-0.15, -0.1) is 0 Å². The van der Waals surface area contributed by atoms with Crippen LogP contribution in [-0.4, -0.2) is 45.4 Å². The molecule has 3 N–H and O–H groups in total. The maximum Gasteiger partial charge on any atom is 0.459 e. The normalized spacial score (nSPS) is 14.8. The molecular weight excluding hydrogens is 617 g/mol. The lowest BCUT2D eigenvalue weighted by Crippen LogP contribution is -2.39. The van der Waals surface area contributed by atoms with Crippen LogP contribution < -0.4 is 15.3 Å². The smallest absolute Gasteiger partial charge is 0.459 e. The van der Waals surface area contributed by atoms with Crippen LogP contribution in [0, 0.1) is 5.92 Å². The monoisotopic (exact) mass is 661 g/mol. The van der Waals surface area contributed by atoms with Crippen molar-refractivity contribution >= 4 is 52.2 Å². The summed E-state index contributed by atoms with van der Waals surface area (Å²) in [5, 5.41) is 5.60. The van der Waals surface area contributed by atoms with E-state index in [1.165, 1.54) is 0 Å². The fourth-order valence-electron chi connectivity index (χ4n) is 5.39. The number of carbonyl (C=O) groups excluding carboxylic acids is 1. The van der Waals surface area contributed by atoms with Gasteiger partial charge in [0.25, 0.3) is 0 Å². The van der Waals surface area contributed by atoms with E-state index in [0.29, 0.717) is 29.5 Å². The van der Waals surface area contributed by atoms with Crippen molar-refractivity contribution in [3.05, 3.63) is 72.6 Å². The molecular formula is C35H44N5O6P. The van der Waals surface area contributed by atoms with Crippen molar-refractivity contribution in [3.8, 4) is 5.75 Å². The quantitative estimate of drug-likeness (QED) is 0.0959. The third-order valence-corrected chi connectivity index (χ3v) is 9.28. The van der Waals surface area contributed by atoms with Gasteiger partial charge in [-0.25, -0.2) is 14.5 Å². The summed E-state index contributed by atoms with van der Waals surface area (Å²) in [6, 6.07) is 19.5. The molecule has 0 bridgehead atoms. The van der Waals surface area contributed by atoms with Crippen molar-refractivity contribution < 1.29 is 27.9 Å². The Morgan fingerprint density at radius 3 is 2.40 bits per heavy atom. The molecule has 0 saturated heterocycles. The van der Waals surface area contributed by atoms with Gasteiger partial charge in [-0.3, -0.25) is 9.32 Å². The van der Waals surface area contributed by atoms with Gasteiger partial charge in [0.1, 0.15) is 35.3 Å². The molecule has 5 aromatic rings. The molecule has 250 valence electrons. The number of hydrogen-bond acceptors (Lipinski definition) is 9. The summed E-state index contributed by atoms with van der Waals surface area (Å²) in [6.07, 6.45) is 0.